The number of nitriles is 1. The maximum atomic E-state index is 9.56. The number of benzene rings is 1. The van der Waals surface area contributed by atoms with Crippen LogP contribution in [0.25, 0.3) is 0 Å². The highest BCUT2D eigenvalue weighted by atomic mass is 16.5. The Morgan fingerprint density at radius 1 is 1.31 bits per heavy atom. The molecule has 0 saturated carbocycles. The summed E-state index contributed by atoms with van der Waals surface area (Å²) in [6, 6.07) is 14.9. The summed E-state index contributed by atoms with van der Waals surface area (Å²) in [7, 11) is 4.13. The molecule has 1 aliphatic heterocycles. The Morgan fingerprint density at radius 2 is 2.04 bits per heavy atom. The van der Waals surface area contributed by atoms with E-state index in [0.717, 1.165) is 23.6 Å². The zero-order valence-electron chi connectivity index (χ0n) is 15.9. The van der Waals surface area contributed by atoms with Gasteiger partial charge in [0.25, 0.3) is 0 Å². The predicted molar refractivity (Wildman–Crippen MR) is 103 cm³/mol. The van der Waals surface area contributed by atoms with Crippen LogP contribution in [0.3, 0.4) is 0 Å². The molecule has 26 heavy (non-hydrogen) atoms. The molecule has 1 aliphatic rings. The van der Waals surface area contributed by atoms with Crippen molar-refractivity contribution in [3.05, 3.63) is 58.8 Å². The zero-order valence-corrected chi connectivity index (χ0v) is 15.9. The first-order valence-electron chi connectivity index (χ1n) is 8.97. The SMILES string of the molecule is Cc1cc(C)c(C#N)c(N(C)C[C@@H]2OCCN(C)[C@H]2c2ccccc2)n1. The van der Waals surface area contributed by atoms with E-state index in [1.165, 1.54) is 5.56 Å². The first-order chi connectivity index (χ1) is 12.5. The smallest absolute Gasteiger partial charge is 0.146 e. The van der Waals surface area contributed by atoms with Gasteiger partial charge < -0.3 is 9.64 Å². The Labute approximate surface area is 155 Å². The monoisotopic (exact) mass is 350 g/mol. The third kappa shape index (κ3) is 3.72. The topological polar surface area (TPSA) is 52.4 Å². The Balaban J connectivity index is 1.88. The quantitative estimate of drug-likeness (QED) is 0.848. The molecule has 1 aromatic carbocycles. The number of ether oxygens (including phenoxy) is 1. The van der Waals surface area contributed by atoms with Gasteiger partial charge in [-0.2, -0.15) is 5.26 Å². The van der Waals surface area contributed by atoms with E-state index in [9.17, 15) is 5.26 Å². The highest BCUT2D eigenvalue weighted by Gasteiger charge is 2.32. The average Bonchev–Trinajstić information content (AvgIpc) is 2.62. The van der Waals surface area contributed by atoms with Crippen molar-refractivity contribution in [2.24, 2.45) is 0 Å². The molecule has 3 rings (SSSR count). The molecular formula is C21H26N4O. The summed E-state index contributed by atoms with van der Waals surface area (Å²) in [4.78, 5) is 9.02. The van der Waals surface area contributed by atoms with Crippen LogP contribution in [-0.4, -0.2) is 49.8 Å². The Bertz CT molecular complexity index is 800. The van der Waals surface area contributed by atoms with Gasteiger partial charge in [-0.25, -0.2) is 4.98 Å². The van der Waals surface area contributed by atoms with Gasteiger partial charge in [-0.15, -0.1) is 0 Å². The lowest BCUT2D eigenvalue weighted by Gasteiger charge is -2.41. The van der Waals surface area contributed by atoms with E-state index in [1.54, 1.807) is 0 Å². The van der Waals surface area contributed by atoms with E-state index in [1.807, 2.05) is 33.0 Å². The normalized spacial score (nSPS) is 20.6. The number of aromatic nitrogens is 1. The molecule has 5 nitrogen and oxygen atoms in total. The number of hydrogen-bond donors (Lipinski definition) is 0. The molecule has 0 unspecified atom stereocenters. The number of anilines is 1. The summed E-state index contributed by atoms with van der Waals surface area (Å²) in [6.07, 6.45) is 0.00955. The van der Waals surface area contributed by atoms with Crippen molar-refractivity contribution < 1.29 is 4.74 Å². The summed E-state index contributed by atoms with van der Waals surface area (Å²) in [5, 5.41) is 9.56. The molecule has 0 bridgehead atoms. The van der Waals surface area contributed by atoms with E-state index < -0.39 is 0 Å². The summed E-state index contributed by atoms with van der Waals surface area (Å²) in [5.74, 6) is 0.730. The highest BCUT2D eigenvalue weighted by Crippen LogP contribution is 2.30. The van der Waals surface area contributed by atoms with E-state index in [4.69, 9.17) is 4.74 Å². The van der Waals surface area contributed by atoms with Crippen LogP contribution in [0.2, 0.25) is 0 Å². The zero-order chi connectivity index (χ0) is 18.7. The largest absolute Gasteiger partial charge is 0.373 e. The number of pyridine rings is 1. The third-order valence-corrected chi connectivity index (χ3v) is 5.00. The van der Waals surface area contributed by atoms with Crippen LogP contribution < -0.4 is 4.90 Å². The first kappa shape index (κ1) is 18.4. The summed E-state index contributed by atoms with van der Waals surface area (Å²) >= 11 is 0. The van der Waals surface area contributed by atoms with Gasteiger partial charge in [0.15, 0.2) is 0 Å². The van der Waals surface area contributed by atoms with Crippen LogP contribution in [0.4, 0.5) is 5.82 Å². The van der Waals surface area contributed by atoms with E-state index >= 15 is 0 Å². The maximum absolute atomic E-state index is 9.56. The van der Waals surface area contributed by atoms with Crippen LogP contribution in [0, 0.1) is 25.2 Å². The van der Waals surface area contributed by atoms with Crippen LogP contribution in [0.5, 0.6) is 0 Å². The van der Waals surface area contributed by atoms with Crippen molar-refractivity contribution >= 4 is 5.82 Å². The van der Waals surface area contributed by atoms with E-state index in [0.29, 0.717) is 18.7 Å². The number of rotatable bonds is 4. The highest BCUT2D eigenvalue weighted by molar-refractivity contribution is 5.57. The standard InChI is InChI=1S/C21H26N4O/c1-15-12-16(2)23-21(18(15)13-22)25(4)14-19-20(24(3)10-11-26-19)17-8-6-5-7-9-17/h5-9,12,19-20H,10-11,14H2,1-4H3/t19-,20-/m0/s1. The van der Waals surface area contributed by atoms with E-state index in [-0.39, 0.29) is 12.1 Å². The van der Waals surface area contributed by atoms with Gasteiger partial charge in [0.1, 0.15) is 11.9 Å². The van der Waals surface area contributed by atoms with Crippen molar-refractivity contribution in [1.29, 1.82) is 5.26 Å². The lowest BCUT2D eigenvalue weighted by atomic mass is 9.98. The molecule has 2 heterocycles. The molecule has 0 spiro atoms. The third-order valence-electron chi connectivity index (χ3n) is 5.00. The number of likely N-dealkylation sites (N-methyl/N-ethyl adjacent to an activating group) is 2. The molecule has 0 radical (unpaired) electrons. The Hall–Kier alpha value is -2.42. The number of aryl methyl sites for hydroxylation is 2. The molecule has 0 amide bonds. The average molecular weight is 350 g/mol. The van der Waals surface area contributed by atoms with Crippen LogP contribution in [0.1, 0.15) is 28.4 Å². The molecule has 5 heteroatoms. The van der Waals surface area contributed by atoms with Crippen LogP contribution >= 0.6 is 0 Å². The van der Waals surface area contributed by atoms with Crippen molar-refractivity contribution in [2.45, 2.75) is 26.0 Å². The second-order valence-electron chi connectivity index (χ2n) is 7.02. The summed E-state index contributed by atoms with van der Waals surface area (Å²) in [6.45, 7) is 6.22. The second kappa shape index (κ2) is 7.86. The number of hydrogen-bond acceptors (Lipinski definition) is 5. The second-order valence-corrected chi connectivity index (χ2v) is 7.02. The minimum atomic E-state index is 0.00955. The Morgan fingerprint density at radius 3 is 2.73 bits per heavy atom. The minimum Gasteiger partial charge on any atom is -0.373 e. The van der Waals surface area contributed by atoms with Gasteiger partial charge in [0, 0.05) is 25.8 Å². The minimum absolute atomic E-state index is 0.00955. The van der Waals surface area contributed by atoms with Crippen molar-refractivity contribution in [2.75, 3.05) is 38.7 Å². The molecule has 1 saturated heterocycles. The number of nitrogens with zero attached hydrogens (tertiary/aromatic N) is 4. The maximum Gasteiger partial charge on any atom is 0.146 e. The van der Waals surface area contributed by atoms with Gasteiger partial charge in [-0.05, 0) is 38.1 Å². The fourth-order valence-electron chi connectivity index (χ4n) is 3.72. The molecular weight excluding hydrogens is 324 g/mol. The van der Waals surface area contributed by atoms with Gasteiger partial charge in [-0.1, -0.05) is 30.3 Å². The molecule has 1 aromatic heterocycles. The predicted octanol–water partition coefficient (Wildman–Crippen LogP) is 3.08. The first-order valence-corrected chi connectivity index (χ1v) is 8.97. The van der Waals surface area contributed by atoms with Gasteiger partial charge in [0.05, 0.1) is 24.3 Å². The molecule has 136 valence electrons. The Kier molecular flexibility index (Phi) is 5.55. The molecule has 0 N–H and O–H groups in total. The van der Waals surface area contributed by atoms with Crippen LogP contribution in [-0.2, 0) is 4.74 Å². The van der Waals surface area contributed by atoms with Gasteiger partial charge in [-0.3, -0.25) is 4.90 Å². The molecule has 0 aliphatic carbocycles. The summed E-state index contributed by atoms with van der Waals surface area (Å²) in [5.41, 5.74) is 3.77. The van der Waals surface area contributed by atoms with Crippen molar-refractivity contribution in [3.8, 4) is 6.07 Å². The van der Waals surface area contributed by atoms with Gasteiger partial charge >= 0.3 is 0 Å². The van der Waals surface area contributed by atoms with Crippen LogP contribution in [0.15, 0.2) is 36.4 Å². The van der Waals surface area contributed by atoms with E-state index in [2.05, 4.69) is 52.2 Å². The van der Waals surface area contributed by atoms with Crippen molar-refractivity contribution in [3.63, 3.8) is 0 Å². The number of morpholine rings is 1. The lowest BCUT2D eigenvalue weighted by Crippen LogP contribution is -2.48. The molecule has 2 aromatic rings. The summed E-state index contributed by atoms with van der Waals surface area (Å²) < 4.78 is 6.15. The van der Waals surface area contributed by atoms with Gasteiger partial charge in [0.2, 0.25) is 0 Å². The molecule has 2 atom stereocenters. The lowest BCUT2D eigenvalue weighted by molar-refractivity contribution is -0.0580. The fourth-order valence-corrected chi connectivity index (χ4v) is 3.72. The molecule has 1 fully saturated rings. The fraction of sp³-hybridized carbons (Fsp3) is 0.429. The van der Waals surface area contributed by atoms with Crippen molar-refractivity contribution in [1.82, 2.24) is 9.88 Å².